The number of phenols is 1. The van der Waals surface area contributed by atoms with Crippen LogP contribution in [-0.4, -0.2) is 28.6 Å². The first-order valence-electron chi connectivity index (χ1n) is 12.0. The molecule has 2 aromatic carbocycles. The zero-order valence-corrected chi connectivity index (χ0v) is 19.3. The number of hydrazine groups is 1. The van der Waals surface area contributed by atoms with E-state index in [2.05, 4.69) is 23.8 Å². The molecule has 4 unspecified atom stereocenters. The number of hydrogen-bond donors (Lipinski definition) is 3. The molecular formula is C27H31N3O4. The monoisotopic (exact) mass is 461 g/mol. The molecule has 2 aliphatic heterocycles. The van der Waals surface area contributed by atoms with Crippen LogP contribution in [0, 0.1) is 5.92 Å². The van der Waals surface area contributed by atoms with Crippen molar-refractivity contribution in [2.75, 3.05) is 6.61 Å². The third kappa shape index (κ3) is 4.29. The van der Waals surface area contributed by atoms with Crippen molar-refractivity contribution < 1.29 is 19.1 Å². The van der Waals surface area contributed by atoms with Crippen molar-refractivity contribution in [3.63, 3.8) is 0 Å². The molecule has 3 heterocycles. The Morgan fingerprint density at radius 3 is 2.68 bits per heavy atom. The van der Waals surface area contributed by atoms with E-state index in [-0.39, 0.29) is 29.7 Å². The van der Waals surface area contributed by atoms with E-state index in [4.69, 9.17) is 9.15 Å². The lowest BCUT2D eigenvalue weighted by atomic mass is 9.83. The summed E-state index contributed by atoms with van der Waals surface area (Å²) in [5, 5.41) is 10.6. The number of para-hydroxylation sites is 1. The number of furan rings is 1. The molecule has 34 heavy (non-hydrogen) atoms. The average Bonchev–Trinajstić information content (AvgIpc) is 3.57. The zero-order chi connectivity index (χ0) is 23.5. The number of nitrogens with one attached hydrogen (secondary N) is 2. The van der Waals surface area contributed by atoms with Gasteiger partial charge in [-0.1, -0.05) is 50.1 Å². The summed E-state index contributed by atoms with van der Waals surface area (Å²) >= 11 is 0. The van der Waals surface area contributed by atoms with Crippen molar-refractivity contribution in [2.45, 2.75) is 50.9 Å². The number of carbonyl (C=O) groups excluding carboxylic acids is 1. The van der Waals surface area contributed by atoms with Gasteiger partial charge in [0.2, 0.25) is 5.91 Å². The topological polar surface area (TPSA) is 87.0 Å². The fourth-order valence-electron chi connectivity index (χ4n) is 5.19. The number of rotatable bonds is 9. The van der Waals surface area contributed by atoms with Crippen LogP contribution in [0.3, 0.4) is 0 Å². The summed E-state index contributed by atoms with van der Waals surface area (Å²) in [6.07, 6.45) is 4.92. The molecule has 1 amide bonds. The highest BCUT2D eigenvalue weighted by Crippen LogP contribution is 2.49. The number of ether oxygens (including phenoxy) is 1. The molecule has 0 bridgehead atoms. The molecule has 0 saturated carbocycles. The third-order valence-electron chi connectivity index (χ3n) is 6.81. The van der Waals surface area contributed by atoms with Gasteiger partial charge >= 0.3 is 0 Å². The first kappa shape index (κ1) is 22.5. The highest BCUT2D eigenvalue weighted by atomic mass is 16.5. The second-order valence-electron chi connectivity index (χ2n) is 9.00. The Morgan fingerprint density at radius 2 is 1.88 bits per heavy atom. The lowest BCUT2D eigenvalue weighted by Crippen LogP contribution is -2.41. The van der Waals surface area contributed by atoms with Gasteiger partial charge in [-0.15, -0.1) is 0 Å². The number of unbranched alkanes of at least 4 members (excludes halogenated alkanes) is 2. The van der Waals surface area contributed by atoms with Gasteiger partial charge in [-0.25, -0.2) is 10.9 Å². The SMILES string of the molecule is CCCCCOc1cccc(C2C3C(NNC3c3ccccc3O)C(=O)N2Cc2ccco2)c1. The lowest BCUT2D eigenvalue weighted by Gasteiger charge is -2.31. The smallest absolute Gasteiger partial charge is 0.242 e. The minimum Gasteiger partial charge on any atom is -0.508 e. The van der Waals surface area contributed by atoms with Crippen molar-refractivity contribution in [3.8, 4) is 11.5 Å². The number of carbonyl (C=O) groups is 1. The van der Waals surface area contributed by atoms with E-state index < -0.39 is 6.04 Å². The normalized spacial score (nSPS) is 23.9. The van der Waals surface area contributed by atoms with Crippen LogP contribution in [0.15, 0.2) is 71.3 Å². The van der Waals surface area contributed by atoms with Crippen LogP contribution in [0.4, 0.5) is 0 Å². The highest BCUT2D eigenvalue weighted by Gasteiger charge is 2.56. The largest absolute Gasteiger partial charge is 0.508 e. The molecule has 3 N–H and O–H groups in total. The maximum absolute atomic E-state index is 13.6. The maximum Gasteiger partial charge on any atom is 0.242 e. The Labute approximate surface area is 199 Å². The summed E-state index contributed by atoms with van der Waals surface area (Å²) in [5.41, 5.74) is 8.25. The van der Waals surface area contributed by atoms with Gasteiger partial charge in [-0.3, -0.25) is 4.79 Å². The van der Waals surface area contributed by atoms with Crippen LogP contribution in [-0.2, 0) is 11.3 Å². The maximum atomic E-state index is 13.6. The van der Waals surface area contributed by atoms with Crippen LogP contribution in [0.2, 0.25) is 0 Å². The van der Waals surface area contributed by atoms with Crippen LogP contribution in [0.5, 0.6) is 11.5 Å². The van der Waals surface area contributed by atoms with Crippen LogP contribution < -0.4 is 15.6 Å². The molecule has 4 atom stereocenters. The van der Waals surface area contributed by atoms with E-state index in [1.807, 2.05) is 47.4 Å². The molecule has 2 aliphatic rings. The third-order valence-corrected chi connectivity index (χ3v) is 6.81. The molecule has 0 spiro atoms. The van der Waals surface area contributed by atoms with Gasteiger partial charge in [0.15, 0.2) is 0 Å². The van der Waals surface area contributed by atoms with Crippen molar-refractivity contribution >= 4 is 5.91 Å². The molecule has 5 rings (SSSR count). The molecule has 0 aliphatic carbocycles. The van der Waals surface area contributed by atoms with Crippen molar-refractivity contribution in [3.05, 3.63) is 83.8 Å². The van der Waals surface area contributed by atoms with E-state index in [1.165, 1.54) is 0 Å². The van der Waals surface area contributed by atoms with Crippen molar-refractivity contribution in [2.24, 2.45) is 5.92 Å². The lowest BCUT2D eigenvalue weighted by molar-refractivity contribution is -0.131. The number of amides is 1. The Bertz CT molecular complexity index is 1120. The van der Waals surface area contributed by atoms with Crippen molar-refractivity contribution in [1.82, 2.24) is 15.8 Å². The summed E-state index contributed by atoms with van der Waals surface area (Å²) in [7, 11) is 0. The number of aromatic hydroxyl groups is 1. The molecule has 7 heteroatoms. The van der Waals surface area contributed by atoms with E-state index in [1.54, 1.807) is 18.4 Å². The standard InChI is InChI=1S/C27H31N3O4/c1-2-3-6-14-33-19-10-7-9-18(16-19)26-23-24(21-12-4-5-13-22(21)31)28-29-25(23)27(32)30(26)17-20-11-8-15-34-20/h4-5,7-13,15-16,23-26,28-29,31H,2-3,6,14,17H2,1H3. The number of nitrogens with zero attached hydrogens (tertiary/aromatic N) is 1. The Hall–Kier alpha value is -3.29. The second kappa shape index (κ2) is 9.91. The molecule has 0 radical (unpaired) electrons. The highest BCUT2D eigenvalue weighted by molar-refractivity contribution is 5.86. The van der Waals surface area contributed by atoms with Gasteiger partial charge in [0.05, 0.1) is 31.5 Å². The number of benzene rings is 2. The molecule has 3 aromatic rings. The first-order chi connectivity index (χ1) is 16.7. The summed E-state index contributed by atoms with van der Waals surface area (Å²) in [6.45, 7) is 3.22. The summed E-state index contributed by atoms with van der Waals surface area (Å²) in [6, 6.07) is 18.2. The Morgan fingerprint density at radius 1 is 1.03 bits per heavy atom. The van der Waals surface area contributed by atoms with E-state index in [0.29, 0.717) is 13.2 Å². The molecule has 178 valence electrons. The summed E-state index contributed by atoms with van der Waals surface area (Å²) < 4.78 is 11.6. The molecule has 7 nitrogen and oxygen atoms in total. The van der Waals surface area contributed by atoms with E-state index in [0.717, 1.165) is 41.9 Å². The van der Waals surface area contributed by atoms with Gasteiger partial charge in [-0.05, 0) is 42.3 Å². The summed E-state index contributed by atoms with van der Waals surface area (Å²) in [5.74, 6) is 1.63. The van der Waals surface area contributed by atoms with Crippen LogP contribution >= 0.6 is 0 Å². The number of hydrogen-bond acceptors (Lipinski definition) is 6. The quantitative estimate of drug-likeness (QED) is 0.408. The number of likely N-dealkylation sites (tertiary alicyclic amines) is 1. The number of phenolic OH excluding ortho intramolecular Hbond substituents is 1. The Balaban J connectivity index is 1.50. The summed E-state index contributed by atoms with van der Waals surface area (Å²) in [4.78, 5) is 15.5. The fraction of sp³-hybridized carbons (Fsp3) is 0.370. The van der Waals surface area contributed by atoms with Gasteiger partial charge in [0.25, 0.3) is 0 Å². The van der Waals surface area contributed by atoms with Gasteiger partial charge < -0.3 is 19.2 Å². The van der Waals surface area contributed by atoms with Gasteiger partial charge in [0, 0.05) is 11.5 Å². The molecule has 1 aromatic heterocycles. The van der Waals surface area contributed by atoms with Crippen LogP contribution in [0.1, 0.15) is 55.2 Å². The second-order valence-corrected chi connectivity index (χ2v) is 9.00. The van der Waals surface area contributed by atoms with Crippen LogP contribution in [0.25, 0.3) is 0 Å². The fourth-order valence-corrected chi connectivity index (χ4v) is 5.19. The predicted molar refractivity (Wildman–Crippen MR) is 128 cm³/mol. The molecular weight excluding hydrogens is 430 g/mol. The first-order valence-corrected chi connectivity index (χ1v) is 12.0. The van der Waals surface area contributed by atoms with Crippen molar-refractivity contribution in [1.29, 1.82) is 0 Å². The molecule has 2 saturated heterocycles. The van der Waals surface area contributed by atoms with E-state index in [9.17, 15) is 9.90 Å². The zero-order valence-electron chi connectivity index (χ0n) is 19.3. The van der Waals surface area contributed by atoms with Gasteiger partial charge in [-0.2, -0.15) is 0 Å². The predicted octanol–water partition coefficient (Wildman–Crippen LogP) is 4.47. The molecule has 2 fully saturated rings. The minimum absolute atomic E-state index is 0.00564. The van der Waals surface area contributed by atoms with Gasteiger partial charge in [0.1, 0.15) is 23.3 Å². The average molecular weight is 462 g/mol. The van der Waals surface area contributed by atoms with E-state index >= 15 is 0 Å². The number of fused-ring (bicyclic) bond motifs is 1. The Kier molecular flexibility index (Phi) is 6.56. The minimum atomic E-state index is -0.418.